The van der Waals surface area contributed by atoms with Crippen molar-refractivity contribution in [1.82, 2.24) is 5.32 Å². The van der Waals surface area contributed by atoms with Crippen molar-refractivity contribution in [3.63, 3.8) is 0 Å². The molecule has 2 aromatic carbocycles. The second-order valence-corrected chi connectivity index (χ2v) is 6.58. The zero-order valence-corrected chi connectivity index (χ0v) is 12.6. The van der Waals surface area contributed by atoms with Crippen molar-refractivity contribution in [3.8, 4) is 0 Å². The van der Waals surface area contributed by atoms with E-state index < -0.39 is 5.25 Å². The molecule has 0 aliphatic carbocycles. The Hall–Kier alpha value is -1.92. The van der Waals surface area contributed by atoms with E-state index in [0.29, 0.717) is 4.32 Å². The fourth-order valence-electron chi connectivity index (χ4n) is 2.18. The molecule has 6 heteroatoms. The Balaban J connectivity index is 1.68. The summed E-state index contributed by atoms with van der Waals surface area (Å²) in [5.41, 5.74) is 0.727. The first-order valence-corrected chi connectivity index (χ1v) is 7.71. The molecule has 3 rings (SSSR count). The van der Waals surface area contributed by atoms with Crippen LogP contribution in [-0.4, -0.2) is 21.4 Å². The molecule has 2 N–H and O–H groups in total. The van der Waals surface area contributed by atoms with E-state index in [1.165, 1.54) is 11.8 Å². The molecule has 0 saturated carbocycles. The van der Waals surface area contributed by atoms with E-state index in [1.807, 2.05) is 42.5 Å². The third-order valence-electron chi connectivity index (χ3n) is 3.17. The predicted octanol–water partition coefficient (Wildman–Crippen LogP) is 2.68. The minimum Gasteiger partial charge on any atom is -0.326 e. The highest BCUT2D eigenvalue weighted by atomic mass is 32.2. The highest BCUT2D eigenvalue weighted by Gasteiger charge is 2.30. The van der Waals surface area contributed by atoms with Crippen LogP contribution in [0.2, 0.25) is 0 Å². The molecule has 2 amide bonds. The summed E-state index contributed by atoms with van der Waals surface area (Å²) in [5, 5.41) is 7.10. The van der Waals surface area contributed by atoms with Gasteiger partial charge in [-0.25, -0.2) is 0 Å². The van der Waals surface area contributed by atoms with Gasteiger partial charge < -0.3 is 10.6 Å². The van der Waals surface area contributed by atoms with E-state index in [-0.39, 0.29) is 18.2 Å². The quantitative estimate of drug-likeness (QED) is 0.855. The first-order valence-electron chi connectivity index (χ1n) is 6.42. The third-order valence-corrected chi connectivity index (χ3v) is 4.54. The zero-order chi connectivity index (χ0) is 14.8. The molecule has 0 bridgehead atoms. The molecule has 21 heavy (non-hydrogen) atoms. The molecule has 106 valence electrons. The van der Waals surface area contributed by atoms with Crippen LogP contribution < -0.4 is 10.6 Å². The van der Waals surface area contributed by atoms with Gasteiger partial charge >= 0.3 is 0 Å². The monoisotopic (exact) mass is 316 g/mol. The van der Waals surface area contributed by atoms with Gasteiger partial charge in [0.2, 0.25) is 11.8 Å². The highest BCUT2D eigenvalue weighted by Crippen LogP contribution is 2.23. The normalized spacial score (nSPS) is 17.8. The summed E-state index contributed by atoms with van der Waals surface area (Å²) < 4.78 is 0.434. The van der Waals surface area contributed by atoms with Crippen LogP contribution in [0.3, 0.4) is 0 Å². The maximum absolute atomic E-state index is 12.0. The van der Waals surface area contributed by atoms with Crippen molar-refractivity contribution in [2.75, 3.05) is 5.32 Å². The van der Waals surface area contributed by atoms with Gasteiger partial charge in [-0.3, -0.25) is 9.59 Å². The highest BCUT2D eigenvalue weighted by molar-refractivity contribution is 8.24. The number of thiocarbonyl (C=S) groups is 1. The molecule has 0 radical (unpaired) electrons. The fraction of sp³-hybridized carbons (Fsp3) is 0.133. The van der Waals surface area contributed by atoms with Crippen molar-refractivity contribution in [1.29, 1.82) is 0 Å². The average molecular weight is 316 g/mol. The largest absolute Gasteiger partial charge is 0.326 e. The van der Waals surface area contributed by atoms with Crippen LogP contribution in [0.1, 0.15) is 6.42 Å². The van der Waals surface area contributed by atoms with Crippen LogP contribution >= 0.6 is 24.0 Å². The molecular formula is C15H12N2O2S2. The SMILES string of the molecule is O=C(C[C@H]1SC(=S)NC1=O)Nc1ccc2ccccc2c1. The van der Waals surface area contributed by atoms with E-state index in [2.05, 4.69) is 10.6 Å². The maximum atomic E-state index is 12.0. The number of benzene rings is 2. The van der Waals surface area contributed by atoms with Gasteiger partial charge in [0.15, 0.2) is 0 Å². The summed E-state index contributed by atoms with van der Waals surface area (Å²) in [6.07, 6.45) is 0.115. The molecule has 1 saturated heterocycles. The lowest BCUT2D eigenvalue weighted by atomic mass is 10.1. The standard InChI is InChI=1S/C15H12N2O2S2/c18-13(8-12-14(19)17-15(20)21-12)16-11-6-5-9-3-1-2-4-10(9)7-11/h1-7,12H,8H2,(H,16,18)(H,17,19,20)/t12-/m1/s1. The average Bonchev–Trinajstić information content (AvgIpc) is 2.76. The van der Waals surface area contributed by atoms with Crippen molar-refractivity contribution in [2.45, 2.75) is 11.7 Å². The fourth-order valence-corrected chi connectivity index (χ4v) is 3.44. The Bertz CT molecular complexity index is 745. The number of carbonyl (C=O) groups is 2. The van der Waals surface area contributed by atoms with Gasteiger partial charge in [-0.1, -0.05) is 54.3 Å². The number of anilines is 1. The number of hydrogen-bond donors (Lipinski definition) is 2. The lowest BCUT2D eigenvalue weighted by molar-refractivity contribution is -0.122. The topological polar surface area (TPSA) is 58.2 Å². The molecule has 1 fully saturated rings. The minimum atomic E-state index is -0.432. The summed E-state index contributed by atoms with van der Waals surface area (Å²) >= 11 is 6.13. The van der Waals surface area contributed by atoms with E-state index in [9.17, 15) is 9.59 Å². The summed E-state index contributed by atoms with van der Waals surface area (Å²) in [5.74, 6) is -0.388. The summed E-state index contributed by atoms with van der Waals surface area (Å²) in [6.45, 7) is 0. The molecule has 2 aromatic rings. The van der Waals surface area contributed by atoms with E-state index >= 15 is 0 Å². The van der Waals surface area contributed by atoms with Crippen LogP contribution in [0, 0.1) is 0 Å². The van der Waals surface area contributed by atoms with Crippen LogP contribution in [0.15, 0.2) is 42.5 Å². The molecule has 1 aliphatic rings. The Morgan fingerprint density at radius 2 is 2.00 bits per heavy atom. The van der Waals surface area contributed by atoms with Crippen molar-refractivity contribution >= 4 is 56.6 Å². The van der Waals surface area contributed by atoms with Gasteiger partial charge in [-0.15, -0.1) is 0 Å². The van der Waals surface area contributed by atoms with Gasteiger partial charge in [0.1, 0.15) is 4.32 Å². The Morgan fingerprint density at radius 1 is 1.24 bits per heavy atom. The number of hydrogen-bond acceptors (Lipinski definition) is 4. The van der Waals surface area contributed by atoms with Gasteiger partial charge in [0.05, 0.1) is 5.25 Å². The predicted molar refractivity (Wildman–Crippen MR) is 89.3 cm³/mol. The number of thioether (sulfide) groups is 1. The van der Waals surface area contributed by atoms with Crippen LogP contribution in [-0.2, 0) is 9.59 Å². The number of rotatable bonds is 3. The molecule has 0 aromatic heterocycles. The number of nitrogens with one attached hydrogen (secondary N) is 2. The molecule has 4 nitrogen and oxygen atoms in total. The number of carbonyl (C=O) groups excluding carboxylic acids is 2. The Labute approximate surface area is 131 Å². The van der Waals surface area contributed by atoms with Crippen LogP contribution in [0.25, 0.3) is 10.8 Å². The summed E-state index contributed by atoms with van der Waals surface area (Å²) in [4.78, 5) is 23.6. The van der Waals surface area contributed by atoms with E-state index in [0.717, 1.165) is 16.5 Å². The molecule has 1 heterocycles. The van der Waals surface area contributed by atoms with Gasteiger partial charge in [-0.2, -0.15) is 0 Å². The lowest BCUT2D eigenvalue weighted by Gasteiger charge is -2.08. The molecular weight excluding hydrogens is 304 g/mol. The smallest absolute Gasteiger partial charge is 0.239 e. The molecule has 1 atom stereocenters. The summed E-state index contributed by atoms with van der Waals surface area (Å²) in [6, 6.07) is 13.7. The van der Waals surface area contributed by atoms with E-state index in [1.54, 1.807) is 0 Å². The van der Waals surface area contributed by atoms with Crippen LogP contribution in [0.4, 0.5) is 5.69 Å². The van der Waals surface area contributed by atoms with Gasteiger partial charge in [0.25, 0.3) is 0 Å². The van der Waals surface area contributed by atoms with Crippen molar-refractivity contribution < 1.29 is 9.59 Å². The Morgan fingerprint density at radius 3 is 2.71 bits per heavy atom. The van der Waals surface area contributed by atoms with Gasteiger partial charge in [0, 0.05) is 12.1 Å². The van der Waals surface area contributed by atoms with Crippen molar-refractivity contribution in [3.05, 3.63) is 42.5 Å². The van der Waals surface area contributed by atoms with Crippen molar-refractivity contribution in [2.24, 2.45) is 0 Å². The van der Waals surface area contributed by atoms with E-state index in [4.69, 9.17) is 12.2 Å². The minimum absolute atomic E-state index is 0.115. The second kappa shape index (κ2) is 5.83. The Kier molecular flexibility index (Phi) is 3.90. The number of amides is 2. The lowest BCUT2D eigenvalue weighted by Crippen LogP contribution is -2.27. The molecule has 1 aliphatic heterocycles. The van der Waals surface area contributed by atoms with Gasteiger partial charge in [-0.05, 0) is 22.9 Å². The molecule has 0 spiro atoms. The summed E-state index contributed by atoms with van der Waals surface area (Å²) in [7, 11) is 0. The number of fused-ring (bicyclic) bond motifs is 1. The first-order chi connectivity index (χ1) is 10.1. The van der Waals surface area contributed by atoms with Crippen LogP contribution in [0.5, 0.6) is 0 Å². The second-order valence-electron chi connectivity index (χ2n) is 4.70. The first kappa shape index (κ1) is 14.0. The third kappa shape index (κ3) is 3.22. The molecule has 0 unspecified atom stereocenters. The maximum Gasteiger partial charge on any atom is 0.239 e. The zero-order valence-electron chi connectivity index (χ0n) is 11.0.